The van der Waals surface area contributed by atoms with Crippen LogP contribution in [0.2, 0.25) is 10.0 Å². The molecule has 108 valence electrons. The van der Waals surface area contributed by atoms with E-state index in [1.807, 2.05) is 12.3 Å². The van der Waals surface area contributed by atoms with Crippen LogP contribution in [0, 0.1) is 12.7 Å². The van der Waals surface area contributed by atoms with E-state index >= 15 is 0 Å². The summed E-state index contributed by atoms with van der Waals surface area (Å²) in [5, 5.41) is 7.09. The number of benzene rings is 1. The average molecular weight is 342 g/mol. The summed E-state index contributed by atoms with van der Waals surface area (Å²) >= 11 is 13.6. The van der Waals surface area contributed by atoms with Crippen molar-refractivity contribution < 1.29 is 4.39 Å². The highest BCUT2D eigenvalue weighted by Crippen LogP contribution is 2.35. The van der Waals surface area contributed by atoms with E-state index in [-0.39, 0.29) is 16.4 Å². The molecule has 0 amide bonds. The molecule has 0 fully saturated rings. The first-order chi connectivity index (χ1) is 9.99. The van der Waals surface area contributed by atoms with E-state index < -0.39 is 5.82 Å². The minimum absolute atomic E-state index is 0.210. The van der Waals surface area contributed by atoms with Crippen LogP contribution in [0.1, 0.15) is 5.56 Å². The van der Waals surface area contributed by atoms with Gasteiger partial charge in [-0.25, -0.2) is 14.1 Å². The molecule has 1 aromatic carbocycles. The minimum atomic E-state index is -0.444. The van der Waals surface area contributed by atoms with E-state index in [0.29, 0.717) is 10.8 Å². The Labute approximate surface area is 135 Å². The van der Waals surface area contributed by atoms with Crippen molar-refractivity contribution in [3.63, 3.8) is 0 Å². The molecule has 0 aliphatic heterocycles. The third kappa shape index (κ3) is 2.46. The molecule has 3 nitrogen and oxygen atoms in total. The molecule has 0 radical (unpaired) electrons. The van der Waals surface area contributed by atoms with Crippen molar-refractivity contribution >= 4 is 34.5 Å². The van der Waals surface area contributed by atoms with Gasteiger partial charge in [0.1, 0.15) is 5.82 Å². The highest BCUT2D eigenvalue weighted by atomic mass is 35.5. The number of halogens is 3. The molecule has 0 aliphatic rings. The van der Waals surface area contributed by atoms with Gasteiger partial charge < -0.3 is 0 Å². The van der Waals surface area contributed by atoms with E-state index in [1.165, 1.54) is 17.4 Å². The molecule has 0 unspecified atom stereocenters. The van der Waals surface area contributed by atoms with Gasteiger partial charge in [0.2, 0.25) is 0 Å². The smallest absolute Gasteiger partial charge is 0.186 e. The monoisotopic (exact) mass is 341 g/mol. The Hall–Kier alpha value is -1.43. The first-order valence-corrected chi connectivity index (χ1v) is 7.72. The molecule has 0 atom stereocenters. The van der Waals surface area contributed by atoms with Crippen molar-refractivity contribution in [2.45, 2.75) is 6.92 Å². The van der Waals surface area contributed by atoms with E-state index in [4.69, 9.17) is 23.2 Å². The Morgan fingerprint density at radius 3 is 2.62 bits per heavy atom. The first-order valence-electron chi connectivity index (χ1n) is 6.08. The van der Waals surface area contributed by atoms with Crippen LogP contribution in [0.3, 0.4) is 0 Å². The lowest BCUT2D eigenvalue weighted by Gasteiger charge is -2.00. The molecule has 0 saturated heterocycles. The van der Waals surface area contributed by atoms with Crippen LogP contribution >= 0.6 is 34.5 Å². The van der Waals surface area contributed by atoms with Crippen LogP contribution < -0.4 is 0 Å². The summed E-state index contributed by atoms with van der Waals surface area (Å²) in [6.07, 6.45) is 0. The van der Waals surface area contributed by atoms with Crippen molar-refractivity contribution in [3.8, 4) is 22.1 Å². The minimum Gasteiger partial charge on any atom is -0.248 e. The van der Waals surface area contributed by atoms with Crippen LogP contribution in [-0.2, 0) is 7.05 Å². The molecule has 0 spiro atoms. The zero-order valence-electron chi connectivity index (χ0n) is 11.2. The van der Waals surface area contributed by atoms with Gasteiger partial charge in [-0.05, 0) is 24.6 Å². The molecule has 0 bridgehead atoms. The average Bonchev–Trinajstić information content (AvgIpc) is 2.94. The first kappa shape index (κ1) is 14.5. The van der Waals surface area contributed by atoms with Crippen molar-refractivity contribution in [3.05, 3.63) is 45.0 Å². The lowest BCUT2D eigenvalue weighted by atomic mass is 10.2. The van der Waals surface area contributed by atoms with Gasteiger partial charge >= 0.3 is 0 Å². The summed E-state index contributed by atoms with van der Waals surface area (Å²) in [5.74, 6) is 0.457. The number of hydrogen-bond acceptors (Lipinski definition) is 3. The summed E-state index contributed by atoms with van der Waals surface area (Å²) < 4.78 is 15.6. The third-order valence-electron chi connectivity index (χ3n) is 3.13. The highest BCUT2D eigenvalue weighted by Gasteiger charge is 2.19. The van der Waals surface area contributed by atoms with Gasteiger partial charge in [0.15, 0.2) is 11.6 Å². The summed E-state index contributed by atoms with van der Waals surface area (Å²) in [4.78, 5) is 5.34. The molecular formula is C14H10Cl2FN3S. The lowest BCUT2D eigenvalue weighted by Crippen LogP contribution is -1.94. The zero-order chi connectivity index (χ0) is 15.1. The Morgan fingerprint density at radius 2 is 2.00 bits per heavy atom. The largest absolute Gasteiger partial charge is 0.248 e. The highest BCUT2D eigenvalue weighted by molar-refractivity contribution is 7.14. The number of rotatable bonds is 2. The van der Waals surface area contributed by atoms with E-state index in [0.717, 1.165) is 10.4 Å². The second-order valence-electron chi connectivity index (χ2n) is 4.52. The molecule has 2 aromatic heterocycles. The Kier molecular flexibility index (Phi) is 3.73. The van der Waals surface area contributed by atoms with Crippen molar-refractivity contribution in [1.82, 2.24) is 14.8 Å². The fourth-order valence-electron chi connectivity index (χ4n) is 2.02. The van der Waals surface area contributed by atoms with Crippen LogP contribution in [0.4, 0.5) is 4.39 Å². The summed E-state index contributed by atoms with van der Waals surface area (Å²) in [6.45, 7) is 1.92. The van der Waals surface area contributed by atoms with Crippen LogP contribution in [0.5, 0.6) is 0 Å². The maximum atomic E-state index is 14.0. The maximum absolute atomic E-state index is 14.0. The van der Waals surface area contributed by atoms with Crippen molar-refractivity contribution in [2.24, 2.45) is 7.05 Å². The summed E-state index contributed by atoms with van der Waals surface area (Å²) in [7, 11) is 1.76. The van der Waals surface area contributed by atoms with Crippen molar-refractivity contribution in [1.29, 1.82) is 0 Å². The van der Waals surface area contributed by atoms with Gasteiger partial charge in [0.05, 0.1) is 20.5 Å². The number of hydrogen-bond donors (Lipinski definition) is 0. The molecule has 7 heteroatoms. The van der Waals surface area contributed by atoms with Crippen molar-refractivity contribution in [2.75, 3.05) is 0 Å². The van der Waals surface area contributed by atoms with Gasteiger partial charge in [-0.15, -0.1) is 11.3 Å². The quantitative estimate of drug-likeness (QED) is 0.659. The molecule has 2 heterocycles. The Morgan fingerprint density at radius 1 is 1.24 bits per heavy atom. The van der Waals surface area contributed by atoms with Gasteiger partial charge in [-0.3, -0.25) is 0 Å². The molecule has 3 rings (SSSR count). The van der Waals surface area contributed by atoms with Crippen LogP contribution in [0.15, 0.2) is 23.6 Å². The molecular weight excluding hydrogens is 332 g/mol. The van der Waals surface area contributed by atoms with Gasteiger partial charge in [0.25, 0.3) is 0 Å². The summed E-state index contributed by atoms with van der Waals surface area (Å²) in [6, 6.07) is 4.50. The van der Waals surface area contributed by atoms with Crippen LogP contribution in [-0.4, -0.2) is 14.8 Å². The SMILES string of the molecule is Cc1c(Cl)csc1-c1nc(-c2c(F)cccc2Cl)nn1C. The second kappa shape index (κ2) is 5.40. The molecule has 0 aliphatic carbocycles. The summed E-state index contributed by atoms with van der Waals surface area (Å²) in [5.41, 5.74) is 1.14. The number of aryl methyl sites for hydroxylation is 1. The number of nitrogens with zero attached hydrogens (tertiary/aromatic N) is 3. The second-order valence-corrected chi connectivity index (χ2v) is 6.21. The lowest BCUT2D eigenvalue weighted by molar-refractivity contribution is 0.629. The number of thiophene rings is 1. The molecule has 0 N–H and O–H groups in total. The fourth-order valence-corrected chi connectivity index (χ4v) is 3.52. The topological polar surface area (TPSA) is 30.7 Å². The predicted molar refractivity (Wildman–Crippen MR) is 84.5 cm³/mol. The van der Waals surface area contributed by atoms with E-state index in [2.05, 4.69) is 10.1 Å². The Balaban J connectivity index is 2.17. The zero-order valence-corrected chi connectivity index (χ0v) is 13.5. The van der Waals surface area contributed by atoms with E-state index in [9.17, 15) is 4.39 Å². The molecule has 3 aromatic rings. The van der Waals surface area contributed by atoms with Crippen LogP contribution in [0.25, 0.3) is 22.1 Å². The van der Waals surface area contributed by atoms with Gasteiger partial charge in [-0.1, -0.05) is 29.3 Å². The Bertz CT molecular complexity index is 805. The maximum Gasteiger partial charge on any atom is 0.186 e. The standard InChI is InChI=1S/C14H10Cl2FN3S/c1-7-9(16)6-21-12(7)14-18-13(19-20(14)2)11-8(15)4-3-5-10(11)17/h3-6H,1-2H3. The normalized spacial score (nSPS) is 11.1. The predicted octanol–water partition coefficient (Wildman–Crippen LogP) is 4.96. The van der Waals surface area contributed by atoms with Gasteiger partial charge in [0, 0.05) is 12.4 Å². The third-order valence-corrected chi connectivity index (χ3v) is 5.05. The van der Waals surface area contributed by atoms with Gasteiger partial charge in [-0.2, -0.15) is 5.10 Å². The fraction of sp³-hybridized carbons (Fsp3) is 0.143. The number of aromatic nitrogens is 3. The van der Waals surface area contributed by atoms with E-state index in [1.54, 1.807) is 23.9 Å². The molecule has 21 heavy (non-hydrogen) atoms. The molecule has 0 saturated carbocycles.